The molecule has 0 saturated heterocycles. The van der Waals surface area contributed by atoms with Crippen molar-refractivity contribution in [1.29, 1.82) is 0 Å². The third kappa shape index (κ3) is 3.03. The van der Waals surface area contributed by atoms with Crippen molar-refractivity contribution in [3.63, 3.8) is 0 Å². The molecule has 0 N–H and O–H groups in total. The van der Waals surface area contributed by atoms with Crippen molar-refractivity contribution in [2.45, 2.75) is 57.4 Å². The summed E-state index contributed by atoms with van der Waals surface area (Å²) in [6.07, 6.45) is 13.2. The summed E-state index contributed by atoms with van der Waals surface area (Å²) in [6.45, 7) is 0. The summed E-state index contributed by atoms with van der Waals surface area (Å²) in [5.74, 6) is 1.56. The molecule has 0 aliphatic heterocycles. The molecule has 2 bridgehead atoms. The first kappa shape index (κ1) is 15.9. The Hall–Kier alpha value is -1.57. The van der Waals surface area contributed by atoms with Gasteiger partial charge in [-0.3, -0.25) is 4.99 Å². The maximum atomic E-state index is 5.13. The van der Waals surface area contributed by atoms with Crippen LogP contribution in [0.2, 0.25) is 0 Å². The van der Waals surface area contributed by atoms with Crippen LogP contribution in [0.15, 0.2) is 40.4 Å². The van der Waals surface area contributed by atoms with Crippen LogP contribution in [0.25, 0.3) is 0 Å². The number of benzene rings is 1. The molecule has 2 nitrogen and oxygen atoms in total. The summed E-state index contributed by atoms with van der Waals surface area (Å²) in [5, 5.41) is 0. The molecule has 2 heteroatoms. The third-order valence-corrected chi connectivity index (χ3v) is 6.38. The van der Waals surface area contributed by atoms with E-state index in [-0.39, 0.29) is 0 Å². The summed E-state index contributed by atoms with van der Waals surface area (Å²) < 4.78 is 0. The molecule has 1 saturated carbocycles. The molecular formula is C22H30N2. The zero-order valence-corrected chi connectivity index (χ0v) is 15.2. The minimum Gasteiger partial charge on any atom is -0.378 e. The summed E-state index contributed by atoms with van der Waals surface area (Å²) in [7, 11) is 4.17. The van der Waals surface area contributed by atoms with Gasteiger partial charge in [-0.15, -0.1) is 0 Å². The van der Waals surface area contributed by atoms with Gasteiger partial charge >= 0.3 is 0 Å². The van der Waals surface area contributed by atoms with E-state index in [0.29, 0.717) is 6.04 Å². The second kappa shape index (κ2) is 6.74. The summed E-state index contributed by atoms with van der Waals surface area (Å²) in [6, 6.07) is 9.31. The number of rotatable bonds is 3. The molecule has 0 heterocycles. The smallest absolute Gasteiger partial charge is 0.0596 e. The van der Waals surface area contributed by atoms with Gasteiger partial charge in [0.05, 0.1) is 6.04 Å². The largest absolute Gasteiger partial charge is 0.378 e. The lowest BCUT2D eigenvalue weighted by molar-refractivity contribution is 0.215. The lowest BCUT2D eigenvalue weighted by Crippen LogP contribution is -2.38. The average Bonchev–Trinajstić information content (AvgIpc) is 2.60. The van der Waals surface area contributed by atoms with Crippen molar-refractivity contribution in [3.8, 4) is 0 Å². The van der Waals surface area contributed by atoms with E-state index in [2.05, 4.69) is 49.5 Å². The topological polar surface area (TPSA) is 15.6 Å². The average molecular weight is 322 g/mol. The Kier molecular flexibility index (Phi) is 4.47. The van der Waals surface area contributed by atoms with Gasteiger partial charge in [-0.05, 0) is 68.6 Å². The van der Waals surface area contributed by atoms with E-state index in [1.165, 1.54) is 62.6 Å². The SMILES string of the molecule is CN(C)c1ccc(C=NC2C3CCCC2C2=C(CCCC2)C3)cc1. The van der Waals surface area contributed by atoms with Gasteiger partial charge in [0.2, 0.25) is 0 Å². The zero-order chi connectivity index (χ0) is 16.5. The van der Waals surface area contributed by atoms with Crippen LogP contribution in [0.1, 0.15) is 56.9 Å². The van der Waals surface area contributed by atoms with Crippen molar-refractivity contribution in [1.82, 2.24) is 0 Å². The molecular weight excluding hydrogens is 292 g/mol. The Bertz CT molecular complexity index is 638. The summed E-state index contributed by atoms with van der Waals surface area (Å²) in [5.41, 5.74) is 6.14. The highest BCUT2D eigenvalue weighted by molar-refractivity contribution is 5.80. The van der Waals surface area contributed by atoms with Crippen LogP contribution in [0.5, 0.6) is 0 Å². The molecule has 3 aliphatic carbocycles. The molecule has 4 rings (SSSR count). The lowest BCUT2D eigenvalue weighted by Gasteiger charge is -2.44. The van der Waals surface area contributed by atoms with Gasteiger partial charge in [-0.1, -0.05) is 29.7 Å². The van der Waals surface area contributed by atoms with E-state index in [4.69, 9.17) is 4.99 Å². The van der Waals surface area contributed by atoms with Gasteiger partial charge < -0.3 is 4.90 Å². The molecule has 0 radical (unpaired) electrons. The number of hydrogen-bond acceptors (Lipinski definition) is 2. The molecule has 3 aliphatic rings. The normalized spacial score (nSPS) is 29.7. The highest BCUT2D eigenvalue weighted by Crippen LogP contribution is 2.49. The molecule has 0 aromatic heterocycles. The molecule has 128 valence electrons. The fraction of sp³-hybridized carbons (Fsp3) is 0.591. The van der Waals surface area contributed by atoms with Gasteiger partial charge in [-0.2, -0.15) is 0 Å². The zero-order valence-electron chi connectivity index (χ0n) is 15.2. The minimum atomic E-state index is 0.545. The molecule has 1 aromatic rings. The standard InChI is InChI=1S/C22H30N2/c1-24(2)19-12-10-16(11-13-19)15-23-22-18-7-5-9-21(22)20-8-4-3-6-17(20)14-18/h10-13,15,18,21-22H,3-9,14H2,1-2H3. The first-order valence-electron chi connectivity index (χ1n) is 9.74. The number of allylic oxidation sites excluding steroid dienone is 1. The second-order valence-electron chi connectivity index (χ2n) is 8.09. The van der Waals surface area contributed by atoms with Crippen LogP contribution < -0.4 is 4.90 Å². The van der Waals surface area contributed by atoms with Gasteiger partial charge in [0, 0.05) is 31.9 Å². The number of anilines is 1. The molecule has 0 amide bonds. The highest BCUT2D eigenvalue weighted by atomic mass is 15.1. The quantitative estimate of drug-likeness (QED) is 0.549. The van der Waals surface area contributed by atoms with Crippen LogP contribution in [0.4, 0.5) is 5.69 Å². The Morgan fingerprint density at radius 3 is 2.58 bits per heavy atom. The lowest BCUT2D eigenvalue weighted by atomic mass is 9.63. The molecule has 0 spiro atoms. The second-order valence-corrected chi connectivity index (χ2v) is 8.09. The van der Waals surface area contributed by atoms with Crippen molar-refractivity contribution in [2.75, 3.05) is 19.0 Å². The molecule has 1 aromatic carbocycles. The maximum Gasteiger partial charge on any atom is 0.0596 e. The molecule has 24 heavy (non-hydrogen) atoms. The van der Waals surface area contributed by atoms with Gasteiger partial charge in [0.15, 0.2) is 0 Å². The monoisotopic (exact) mass is 322 g/mol. The van der Waals surface area contributed by atoms with Gasteiger partial charge in [-0.25, -0.2) is 0 Å². The maximum absolute atomic E-state index is 5.13. The predicted octanol–water partition coefficient (Wildman–Crippen LogP) is 5.23. The van der Waals surface area contributed by atoms with Crippen molar-refractivity contribution in [3.05, 3.63) is 41.0 Å². The van der Waals surface area contributed by atoms with Crippen molar-refractivity contribution >= 4 is 11.9 Å². The van der Waals surface area contributed by atoms with Gasteiger partial charge in [0.25, 0.3) is 0 Å². The number of fused-ring (bicyclic) bond motifs is 3. The first-order valence-corrected chi connectivity index (χ1v) is 9.74. The first-order chi connectivity index (χ1) is 11.7. The van der Waals surface area contributed by atoms with E-state index in [1.807, 2.05) is 11.1 Å². The summed E-state index contributed by atoms with van der Waals surface area (Å²) in [4.78, 5) is 7.27. The van der Waals surface area contributed by atoms with E-state index in [1.54, 1.807) is 0 Å². The Labute approximate surface area is 146 Å². The van der Waals surface area contributed by atoms with E-state index in [9.17, 15) is 0 Å². The van der Waals surface area contributed by atoms with E-state index >= 15 is 0 Å². The van der Waals surface area contributed by atoms with Crippen molar-refractivity contribution in [2.24, 2.45) is 16.8 Å². The molecule has 3 unspecified atom stereocenters. The van der Waals surface area contributed by atoms with E-state index in [0.717, 1.165) is 11.8 Å². The molecule has 3 atom stereocenters. The highest BCUT2D eigenvalue weighted by Gasteiger charge is 2.40. The Morgan fingerprint density at radius 2 is 1.79 bits per heavy atom. The van der Waals surface area contributed by atoms with Crippen LogP contribution in [-0.2, 0) is 0 Å². The Balaban J connectivity index is 1.54. The van der Waals surface area contributed by atoms with Crippen LogP contribution >= 0.6 is 0 Å². The number of nitrogens with zero attached hydrogens (tertiary/aromatic N) is 2. The van der Waals surface area contributed by atoms with E-state index < -0.39 is 0 Å². The number of hydrogen-bond donors (Lipinski definition) is 0. The number of aliphatic imine (C=N–C) groups is 1. The fourth-order valence-corrected chi connectivity index (χ4v) is 5.12. The van der Waals surface area contributed by atoms with Gasteiger partial charge in [0.1, 0.15) is 0 Å². The minimum absolute atomic E-state index is 0.545. The van der Waals surface area contributed by atoms with Crippen LogP contribution in [-0.4, -0.2) is 26.4 Å². The molecule has 1 fully saturated rings. The summed E-state index contributed by atoms with van der Waals surface area (Å²) >= 11 is 0. The van der Waals surface area contributed by atoms with Crippen molar-refractivity contribution < 1.29 is 0 Å². The van der Waals surface area contributed by atoms with Crippen LogP contribution in [0, 0.1) is 11.8 Å². The predicted molar refractivity (Wildman–Crippen MR) is 103 cm³/mol. The fourth-order valence-electron chi connectivity index (χ4n) is 5.12. The van der Waals surface area contributed by atoms with Crippen LogP contribution in [0.3, 0.4) is 0 Å². The third-order valence-electron chi connectivity index (χ3n) is 6.38. The Morgan fingerprint density at radius 1 is 1.00 bits per heavy atom.